The molecule has 12 heteroatoms. The minimum atomic E-state index is -4.98. The van der Waals surface area contributed by atoms with E-state index >= 15 is 0 Å². The quantitative estimate of drug-likeness (QED) is 0.204. The van der Waals surface area contributed by atoms with Gasteiger partial charge < -0.3 is 9.80 Å². The van der Waals surface area contributed by atoms with Gasteiger partial charge in [-0.1, -0.05) is 36.0 Å². The Morgan fingerprint density at radius 1 is 0.947 bits per heavy atom. The van der Waals surface area contributed by atoms with E-state index in [2.05, 4.69) is 9.97 Å². The molecule has 0 spiro atoms. The van der Waals surface area contributed by atoms with Crippen molar-refractivity contribution in [3.8, 4) is 11.3 Å². The van der Waals surface area contributed by atoms with Gasteiger partial charge in [0.05, 0.1) is 16.8 Å². The normalized spacial score (nSPS) is 14.8. The Kier molecular flexibility index (Phi) is 7.64. The third-order valence-electron chi connectivity index (χ3n) is 6.26. The molecule has 2 aromatic carbocycles. The van der Waals surface area contributed by atoms with Crippen LogP contribution in [0.5, 0.6) is 0 Å². The van der Waals surface area contributed by atoms with Crippen molar-refractivity contribution in [3.63, 3.8) is 0 Å². The summed E-state index contributed by atoms with van der Waals surface area (Å²) in [5.74, 6) is -0.208. The van der Waals surface area contributed by atoms with Crippen LogP contribution in [0.2, 0.25) is 0 Å². The number of carbonyl (C=O) groups is 1. The van der Waals surface area contributed by atoms with Crippen LogP contribution in [0.4, 0.5) is 32.2 Å². The molecule has 4 rings (SSSR count). The van der Waals surface area contributed by atoms with E-state index in [1.807, 2.05) is 24.0 Å². The lowest BCUT2D eigenvalue weighted by atomic mass is 9.99. The Balaban J connectivity index is 1.85. The number of hydrogen-bond acceptors (Lipinski definition) is 5. The molecular formula is C26H24F6N4OS. The van der Waals surface area contributed by atoms with Crippen LogP contribution in [0.15, 0.2) is 47.6 Å². The Labute approximate surface area is 219 Å². The summed E-state index contributed by atoms with van der Waals surface area (Å²) in [7, 11) is 1.78. The summed E-state index contributed by atoms with van der Waals surface area (Å²) in [5.41, 5.74) is -1.07. The van der Waals surface area contributed by atoms with E-state index in [-0.39, 0.29) is 23.7 Å². The largest absolute Gasteiger partial charge is 0.416 e. The third-order valence-corrected chi connectivity index (χ3v) is 6.80. The molecule has 3 aromatic rings. The molecule has 0 bridgehead atoms. The first kappa shape index (κ1) is 27.7. The van der Waals surface area contributed by atoms with Crippen LogP contribution in [-0.2, 0) is 18.9 Å². The summed E-state index contributed by atoms with van der Waals surface area (Å²) in [6, 6.07) is 8.70. The van der Waals surface area contributed by atoms with Crippen molar-refractivity contribution >= 4 is 23.5 Å². The van der Waals surface area contributed by atoms with Gasteiger partial charge in [-0.05, 0) is 48.9 Å². The maximum Gasteiger partial charge on any atom is 0.416 e. The zero-order valence-corrected chi connectivity index (χ0v) is 21.6. The second-order valence-corrected chi connectivity index (χ2v) is 9.76. The van der Waals surface area contributed by atoms with Gasteiger partial charge in [0.1, 0.15) is 11.4 Å². The fourth-order valence-electron chi connectivity index (χ4n) is 4.37. The Hall–Kier alpha value is -3.28. The van der Waals surface area contributed by atoms with Crippen molar-refractivity contribution in [2.24, 2.45) is 0 Å². The standard InChI is InChI=1S/C26H24F6N4OS/c1-15-7-4-5-8-19(15)21-20-22(34-24(33-21)38-3)35(2)9-6-10-36(23(20)37)14-16-11-17(25(27,28)29)13-18(12-16)26(30,31)32/h4-5,7-8,11-13H,6,9-10,14H2,1-3H3. The highest BCUT2D eigenvalue weighted by molar-refractivity contribution is 7.98. The molecular weight excluding hydrogens is 530 g/mol. The lowest BCUT2D eigenvalue weighted by molar-refractivity contribution is -0.143. The number of amides is 1. The predicted octanol–water partition coefficient (Wildman–Crippen LogP) is 6.69. The number of thioether (sulfide) groups is 1. The molecule has 2 heterocycles. The van der Waals surface area contributed by atoms with Crippen molar-refractivity contribution < 1.29 is 31.1 Å². The summed E-state index contributed by atoms with van der Waals surface area (Å²) in [4.78, 5) is 26.2. The van der Waals surface area contributed by atoms with Gasteiger partial charge in [0.2, 0.25) is 0 Å². The number of anilines is 1. The Morgan fingerprint density at radius 3 is 2.16 bits per heavy atom. The van der Waals surface area contributed by atoms with Crippen molar-refractivity contribution in [1.29, 1.82) is 0 Å². The van der Waals surface area contributed by atoms with Gasteiger partial charge in [0.25, 0.3) is 5.91 Å². The average Bonchev–Trinajstić information content (AvgIpc) is 2.85. The molecule has 5 nitrogen and oxygen atoms in total. The first-order chi connectivity index (χ1) is 17.8. The van der Waals surface area contributed by atoms with Crippen LogP contribution >= 0.6 is 11.8 Å². The number of aromatic nitrogens is 2. The Bertz CT molecular complexity index is 1330. The van der Waals surface area contributed by atoms with Gasteiger partial charge in [-0.15, -0.1) is 0 Å². The second kappa shape index (κ2) is 10.5. The highest BCUT2D eigenvalue weighted by atomic mass is 32.2. The number of benzene rings is 2. The molecule has 202 valence electrons. The SMILES string of the molecule is CSc1nc(-c2ccccc2C)c2c(n1)N(C)CCCN(Cc1cc(C(F)(F)F)cc(C(F)(F)F)c1)C2=O. The summed E-state index contributed by atoms with van der Waals surface area (Å²) in [6.07, 6.45) is -7.73. The first-order valence-electron chi connectivity index (χ1n) is 11.6. The zero-order chi connectivity index (χ0) is 27.8. The van der Waals surface area contributed by atoms with Crippen molar-refractivity contribution in [2.75, 3.05) is 31.3 Å². The Morgan fingerprint density at radius 2 is 1.58 bits per heavy atom. The molecule has 0 saturated carbocycles. The van der Waals surface area contributed by atoms with Gasteiger partial charge >= 0.3 is 12.4 Å². The van der Waals surface area contributed by atoms with E-state index in [0.29, 0.717) is 47.3 Å². The summed E-state index contributed by atoms with van der Waals surface area (Å²) in [6.45, 7) is 2.01. The molecule has 1 aliphatic rings. The third kappa shape index (κ3) is 5.74. The van der Waals surface area contributed by atoms with Crippen LogP contribution < -0.4 is 4.90 Å². The van der Waals surface area contributed by atoms with Crippen molar-refractivity contribution in [2.45, 2.75) is 37.4 Å². The van der Waals surface area contributed by atoms with Gasteiger partial charge in [-0.25, -0.2) is 9.97 Å². The summed E-state index contributed by atoms with van der Waals surface area (Å²) >= 11 is 1.30. The fraction of sp³-hybridized carbons (Fsp3) is 0.346. The minimum absolute atomic E-state index is 0.0805. The highest BCUT2D eigenvalue weighted by Gasteiger charge is 2.37. The maximum atomic E-state index is 14.0. The van der Waals surface area contributed by atoms with E-state index in [1.54, 1.807) is 25.4 Å². The minimum Gasteiger partial charge on any atom is -0.359 e. The molecule has 0 radical (unpaired) electrons. The van der Waals surface area contributed by atoms with Gasteiger partial charge in [-0.3, -0.25) is 4.79 Å². The lowest BCUT2D eigenvalue weighted by Gasteiger charge is -2.31. The molecule has 0 fully saturated rings. The van der Waals surface area contributed by atoms with E-state index < -0.39 is 35.9 Å². The van der Waals surface area contributed by atoms with E-state index in [1.165, 1.54) is 16.7 Å². The van der Waals surface area contributed by atoms with Gasteiger partial charge in [-0.2, -0.15) is 26.3 Å². The molecule has 1 amide bonds. The number of nitrogens with zero attached hydrogens (tertiary/aromatic N) is 4. The number of rotatable bonds is 4. The monoisotopic (exact) mass is 554 g/mol. The van der Waals surface area contributed by atoms with Crippen molar-refractivity contribution in [3.05, 3.63) is 70.3 Å². The first-order valence-corrected chi connectivity index (χ1v) is 12.8. The highest BCUT2D eigenvalue weighted by Crippen LogP contribution is 2.38. The molecule has 0 aliphatic carbocycles. The van der Waals surface area contributed by atoms with Gasteiger partial charge in [0, 0.05) is 32.2 Å². The van der Waals surface area contributed by atoms with Crippen LogP contribution in [0.25, 0.3) is 11.3 Å². The maximum absolute atomic E-state index is 14.0. The predicted molar refractivity (Wildman–Crippen MR) is 133 cm³/mol. The van der Waals surface area contributed by atoms with Crippen LogP contribution in [0.3, 0.4) is 0 Å². The fourth-order valence-corrected chi connectivity index (χ4v) is 4.73. The van der Waals surface area contributed by atoms with E-state index in [0.717, 1.165) is 5.56 Å². The summed E-state index contributed by atoms with van der Waals surface area (Å²) < 4.78 is 80.6. The number of carbonyl (C=O) groups excluding carboxylic acids is 1. The molecule has 0 N–H and O–H groups in total. The molecule has 1 aliphatic heterocycles. The molecule has 38 heavy (non-hydrogen) atoms. The van der Waals surface area contributed by atoms with Crippen LogP contribution in [0.1, 0.15) is 39.0 Å². The molecule has 0 atom stereocenters. The lowest BCUT2D eigenvalue weighted by Crippen LogP contribution is -2.38. The average molecular weight is 555 g/mol. The molecule has 0 unspecified atom stereocenters. The smallest absolute Gasteiger partial charge is 0.359 e. The topological polar surface area (TPSA) is 49.3 Å². The number of halogens is 6. The van der Waals surface area contributed by atoms with E-state index in [4.69, 9.17) is 0 Å². The van der Waals surface area contributed by atoms with Gasteiger partial charge in [0.15, 0.2) is 5.16 Å². The van der Waals surface area contributed by atoms with Crippen molar-refractivity contribution in [1.82, 2.24) is 14.9 Å². The summed E-state index contributed by atoms with van der Waals surface area (Å²) in [5, 5.41) is 0.432. The molecule has 0 saturated heterocycles. The van der Waals surface area contributed by atoms with E-state index in [9.17, 15) is 31.1 Å². The second-order valence-electron chi connectivity index (χ2n) is 8.99. The van der Waals surface area contributed by atoms with Crippen LogP contribution in [-0.4, -0.2) is 47.2 Å². The molecule has 1 aromatic heterocycles. The number of fused-ring (bicyclic) bond motifs is 1. The number of alkyl halides is 6. The number of aryl methyl sites for hydroxylation is 1. The number of hydrogen-bond donors (Lipinski definition) is 0. The zero-order valence-electron chi connectivity index (χ0n) is 20.7. The van der Waals surface area contributed by atoms with Crippen LogP contribution in [0, 0.1) is 6.92 Å².